The van der Waals surface area contributed by atoms with Crippen LogP contribution in [0.4, 0.5) is 4.79 Å². The molecule has 92 valence electrons. The van der Waals surface area contributed by atoms with Gasteiger partial charge in [-0.15, -0.1) is 0 Å². The van der Waals surface area contributed by atoms with Gasteiger partial charge in [0.15, 0.2) is 0 Å². The molecule has 0 fully saturated rings. The number of rotatable bonds is 5. The van der Waals surface area contributed by atoms with Gasteiger partial charge in [-0.3, -0.25) is 0 Å². The van der Waals surface area contributed by atoms with Crippen LogP contribution in [0.5, 0.6) is 0 Å². The Balaban J connectivity index is 0. The third-order valence-electron chi connectivity index (χ3n) is 1.06. The van der Waals surface area contributed by atoms with Gasteiger partial charge in [-0.2, -0.15) is 0 Å². The van der Waals surface area contributed by atoms with Crippen LogP contribution in [-0.4, -0.2) is 42.8 Å². The highest BCUT2D eigenvalue weighted by Crippen LogP contribution is 1.94. The topological polar surface area (TPSA) is 76.0 Å². The first-order valence-electron chi connectivity index (χ1n) is 5.09. The van der Waals surface area contributed by atoms with Crippen molar-refractivity contribution in [1.82, 2.24) is 0 Å². The molecule has 0 amide bonds. The average molecular weight is 222 g/mol. The van der Waals surface area contributed by atoms with Crippen LogP contribution in [0.25, 0.3) is 0 Å². The average Bonchev–Trinajstić information content (AvgIpc) is 2.23. The molecule has 0 aromatic rings. The minimum atomic E-state index is -0.555. The van der Waals surface area contributed by atoms with Crippen LogP contribution in [0.1, 0.15) is 27.2 Å². The Hall–Kier alpha value is -0.810. The van der Waals surface area contributed by atoms with Gasteiger partial charge < -0.3 is 19.7 Å². The summed E-state index contributed by atoms with van der Waals surface area (Å²) >= 11 is 0. The molecule has 15 heavy (non-hydrogen) atoms. The van der Waals surface area contributed by atoms with Crippen LogP contribution in [0.3, 0.4) is 0 Å². The van der Waals surface area contributed by atoms with Gasteiger partial charge in [-0.05, 0) is 12.3 Å². The summed E-state index contributed by atoms with van der Waals surface area (Å²) in [7, 11) is 0. The smallest absolute Gasteiger partial charge is 0.434 e. The Bertz CT molecular complexity index is 134. The zero-order valence-corrected chi connectivity index (χ0v) is 9.73. The zero-order chi connectivity index (χ0) is 12.1. The fraction of sp³-hybridized carbons (Fsp3) is 0.900. The lowest BCUT2D eigenvalue weighted by atomic mass is 10.2. The molecule has 0 aliphatic heterocycles. The van der Waals surface area contributed by atoms with Crippen molar-refractivity contribution in [2.75, 3.05) is 26.4 Å². The molecule has 0 rings (SSSR count). The molecule has 0 aromatic carbocycles. The molecule has 5 heteroatoms. The van der Waals surface area contributed by atoms with Crippen LogP contribution < -0.4 is 0 Å². The van der Waals surface area contributed by atoms with Crippen molar-refractivity contribution in [3.63, 3.8) is 0 Å². The van der Waals surface area contributed by atoms with Gasteiger partial charge in [-0.1, -0.05) is 20.8 Å². The molecule has 5 nitrogen and oxygen atoms in total. The minimum Gasteiger partial charge on any atom is -0.434 e. The van der Waals surface area contributed by atoms with E-state index < -0.39 is 6.16 Å². The van der Waals surface area contributed by atoms with Gasteiger partial charge in [0.2, 0.25) is 0 Å². The summed E-state index contributed by atoms with van der Waals surface area (Å²) in [6, 6.07) is 0. The predicted octanol–water partition coefficient (Wildman–Crippen LogP) is 1.18. The number of hydrogen-bond acceptors (Lipinski definition) is 5. The summed E-state index contributed by atoms with van der Waals surface area (Å²) in [6.07, 6.45) is 0.275. The third-order valence-corrected chi connectivity index (χ3v) is 1.06. The maximum Gasteiger partial charge on any atom is 0.508 e. The second-order valence-electron chi connectivity index (χ2n) is 3.25. The summed E-state index contributed by atoms with van der Waals surface area (Å²) in [5.41, 5.74) is 0. The van der Waals surface area contributed by atoms with Crippen LogP contribution in [-0.2, 0) is 9.47 Å². The fourth-order valence-electron chi connectivity index (χ4n) is 0.462. The molecule has 0 aromatic heterocycles. The lowest BCUT2D eigenvalue weighted by Crippen LogP contribution is -2.11. The van der Waals surface area contributed by atoms with Gasteiger partial charge >= 0.3 is 6.16 Å². The molecule has 0 spiro atoms. The van der Waals surface area contributed by atoms with Crippen LogP contribution in [0.2, 0.25) is 0 Å². The van der Waals surface area contributed by atoms with Crippen molar-refractivity contribution in [3.05, 3.63) is 0 Å². The predicted molar refractivity (Wildman–Crippen MR) is 56.6 cm³/mol. The van der Waals surface area contributed by atoms with Gasteiger partial charge in [-0.25, -0.2) is 4.79 Å². The first kappa shape index (κ1) is 16.6. The van der Waals surface area contributed by atoms with Crippen molar-refractivity contribution in [3.8, 4) is 0 Å². The molecule has 0 saturated heterocycles. The second kappa shape index (κ2) is 13.2. The van der Waals surface area contributed by atoms with Crippen molar-refractivity contribution >= 4 is 6.16 Å². The molecule has 0 bridgehead atoms. The number of hydrogen-bond donors (Lipinski definition) is 2. The number of carbonyl (C=O) groups is 1. The van der Waals surface area contributed by atoms with Gasteiger partial charge in [0.1, 0.15) is 0 Å². The van der Waals surface area contributed by atoms with E-state index in [-0.39, 0.29) is 13.2 Å². The van der Waals surface area contributed by atoms with E-state index in [0.717, 1.165) is 6.42 Å². The van der Waals surface area contributed by atoms with Crippen molar-refractivity contribution < 1.29 is 24.5 Å². The van der Waals surface area contributed by atoms with Crippen molar-refractivity contribution in [2.45, 2.75) is 27.2 Å². The quantitative estimate of drug-likeness (QED) is 0.683. The van der Waals surface area contributed by atoms with E-state index in [1.165, 1.54) is 0 Å². The maximum atomic E-state index is 10.7. The largest absolute Gasteiger partial charge is 0.508 e. The van der Waals surface area contributed by atoms with Crippen LogP contribution in [0.15, 0.2) is 0 Å². The van der Waals surface area contributed by atoms with E-state index in [9.17, 15) is 4.79 Å². The highest BCUT2D eigenvalue weighted by Gasteiger charge is 2.03. The number of ether oxygens (including phenoxy) is 2. The molecule has 0 aliphatic rings. The summed E-state index contributed by atoms with van der Waals surface area (Å²) < 4.78 is 9.42. The first-order valence-corrected chi connectivity index (χ1v) is 5.09. The number of carbonyl (C=O) groups excluding carboxylic acids is 1. The molecule has 0 aliphatic carbocycles. The van der Waals surface area contributed by atoms with Crippen LogP contribution in [0, 0.1) is 5.92 Å². The normalized spacial score (nSPS) is 9.20. The fourth-order valence-corrected chi connectivity index (χ4v) is 0.462. The molecule has 0 unspecified atom stereocenters. The highest BCUT2D eigenvalue weighted by molar-refractivity contribution is 5.59. The molecular formula is C10H22O5. The number of aliphatic hydroxyl groups is 2. The monoisotopic (exact) mass is 222 g/mol. The standard InChI is InChI=1S/C8H16O3.C2H6O2/c1-4-5-10-8(9)11-6-7(2)3;3-1-2-4/h7H,4-6H2,1-3H3;3-4H,1-2H2. The maximum absolute atomic E-state index is 10.7. The first-order chi connectivity index (χ1) is 7.08. The van der Waals surface area contributed by atoms with Crippen molar-refractivity contribution in [2.24, 2.45) is 5.92 Å². The summed E-state index contributed by atoms with van der Waals surface area (Å²) in [4.78, 5) is 10.7. The molecule has 2 N–H and O–H groups in total. The Morgan fingerprint density at radius 2 is 1.73 bits per heavy atom. The molecular weight excluding hydrogens is 200 g/mol. The molecule has 0 saturated carbocycles. The number of aliphatic hydroxyl groups excluding tert-OH is 2. The van der Waals surface area contributed by atoms with E-state index in [2.05, 4.69) is 4.74 Å². The Morgan fingerprint density at radius 3 is 2.07 bits per heavy atom. The minimum absolute atomic E-state index is 0.125. The van der Waals surface area contributed by atoms with E-state index in [1.54, 1.807) is 0 Å². The summed E-state index contributed by atoms with van der Waals surface area (Å²) in [5.74, 6) is 0.365. The molecule has 0 heterocycles. The summed E-state index contributed by atoms with van der Waals surface area (Å²) in [5, 5.41) is 15.2. The zero-order valence-electron chi connectivity index (χ0n) is 9.73. The van der Waals surface area contributed by atoms with E-state index in [4.69, 9.17) is 14.9 Å². The van der Waals surface area contributed by atoms with Crippen molar-refractivity contribution in [1.29, 1.82) is 0 Å². The molecule has 0 atom stereocenters. The third kappa shape index (κ3) is 19.6. The van der Waals surface area contributed by atoms with Gasteiger partial charge in [0.05, 0.1) is 26.4 Å². The van der Waals surface area contributed by atoms with Crippen LogP contribution >= 0.6 is 0 Å². The van der Waals surface area contributed by atoms with Gasteiger partial charge in [0.25, 0.3) is 0 Å². The summed E-state index contributed by atoms with van der Waals surface area (Å²) in [6.45, 7) is 6.52. The van der Waals surface area contributed by atoms with Gasteiger partial charge in [0, 0.05) is 0 Å². The lowest BCUT2D eigenvalue weighted by Gasteiger charge is -2.06. The van der Waals surface area contributed by atoms with E-state index in [1.807, 2.05) is 20.8 Å². The Morgan fingerprint density at radius 1 is 1.20 bits per heavy atom. The highest BCUT2D eigenvalue weighted by atomic mass is 16.7. The molecule has 0 radical (unpaired) electrons. The Labute approximate surface area is 91.0 Å². The van der Waals surface area contributed by atoms with E-state index >= 15 is 0 Å². The SMILES string of the molecule is CCCOC(=O)OCC(C)C.OCCO. The Kier molecular flexibility index (Phi) is 14.6. The second-order valence-corrected chi connectivity index (χ2v) is 3.25. The van der Waals surface area contributed by atoms with E-state index in [0.29, 0.717) is 19.1 Å². The lowest BCUT2D eigenvalue weighted by molar-refractivity contribution is 0.0477.